The summed E-state index contributed by atoms with van der Waals surface area (Å²) >= 11 is 5.94. The molecular weight excluding hydrogens is 325 g/mol. The topological polar surface area (TPSA) is 84.2 Å². The van der Waals surface area contributed by atoms with Crippen molar-refractivity contribution in [2.45, 2.75) is 25.3 Å². The lowest BCUT2D eigenvalue weighted by molar-refractivity contribution is -0.124. The van der Waals surface area contributed by atoms with Crippen LogP contribution in [-0.2, 0) is 4.79 Å². The summed E-state index contributed by atoms with van der Waals surface area (Å²) in [7, 11) is 0. The number of carbonyl (C=O) groups is 2. The first-order chi connectivity index (χ1) is 10.1. The first kappa shape index (κ1) is 18.7. The molecule has 122 valence electrons. The zero-order valence-electron chi connectivity index (χ0n) is 12.2. The van der Waals surface area contributed by atoms with Crippen molar-refractivity contribution in [3.05, 3.63) is 34.9 Å². The van der Waals surface area contributed by atoms with Crippen LogP contribution >= 0.6 is 24.0 Å². The van der Waals surface area contributed by atoms with Crippen molar-refractivity contribution in [2.75, 3.05) is 13.1 Å². The Kier molecular flexibility index (Phi) is 7.65. The molecule has 5 nitrogen and oxygen atoms in total. The van der Waals surface area contributed by atoms with Crippen molar-refractivity contribution in [2.24, 2.45) is 11.7 Å². The molecule has 7 heteroatoms. The second kappa shape index (κ2) is 8.98. The lowest BCUT2D eigenvalue weighted by atomic mass is 10.1. The van der Waals surface area contributed by atoms with E-state index in [-0.39, 0.29) is 36.2 Å². The third kappa shape index (κ3) is 5.16. The van der Waals surface area contributed by atoms with Gasteiger partial charge in [0.05, 0.1) is 10.6 Å². The van der Waals surface area contributed by atoms with E-state index in [1.165, 1.54) is 0 Å². The molecule has 0 saturated heterocycles. The van der Waals surface area contributed by atoms with Gasteiger partial charge in [0.25, 0.3) is 5.91 Å². The predicted molar refractivity (Wildman–Crippen MR) is 89.4 cm³/mol. The highest BCUT2D eigenvalue weighted by Crippen LogP contribution is 2.23. The second-order valence-corrected chi connectivity index (χ2v) is 5.70. The molecule has 1 aromatic rings. The van der Waals surface area contributed by atoms with Gasteiger partial charge >= 0.3 is 0 Å². The van der Waals surface area contributed by atoms with Crippen molar-refractivity contribution >= 4 is 35.8 Å². The van der Waals surface area contributed by atoms with Crippen LogP contribution in [0.1, 0.15) is 29.6 Å². The molecule has 0 bridgehead atoms. The zero-order valence-corrected chi connectivity index (χ0v) is 13.8. The fourth-order valence-corrected chi connectivity index (χ4v) is 2.72. The Labute approximate surface area is 141 Å². The molecule has 2 atom stereocenters. The van der Waals surface area contributed by atoms with Crippen LogP contribution < -0.4 is 16.4 Å². The molecule has 2 rings (SSSR count). The maximum absolute atomic E-state index is 11.9. The molecule has 0 aromatic heterocycles. The van der Waals surface area contributed by atoms with E-state index in [4.69, 9.17) is 17.3 Å². The van der Waals surface area contributed by atoms with Gasteiger partial charge in [0.1, 0.15) is 0 Å². The Balaban J connectivity index is 0.00000242. The number of hydrogen-bond acceptors (Lipinski definition) is 3. The van der Waals surface area contributed by atoms with Crippen LogP contribution in [0.5, 0.6) is 0 Å². The fourth-order valence-electron chi connectivity index (χ4n) is 2.50. The Morgan fingerprint density at radius 1 is 1.18 bits per heavy atom. The van der Waals surface area contributed by atoms with Gasteiger partial charge in [-0.25, -0.2) is 0 Å². The molecule has 0 aliphatic heterocycles. The van der Waals surface area contributed by atoms with E-state index in [1.807, 2.05) is 0 Å². The second-order valence-electron chi connectivity index (χ2n) is 5.30. The number of amides is 2. The van der Waals surface area contributed by atoms with Crippen LogP contribution in [0.25, 0.3) is 0 Å². The molecule has 0 heterocycles. The van der Waals surface area contributed by atoms with E-state index in [1.54, 1.807) is 24.3 Å². The van der Waals surface area contributed by atoms with Gasteiger partial charge in [-0.2, -0.15) is 0 Å². The molecule has 1 aliphatic carbocycles. The van der Waals surface area contributed by atoms with Crippen LogP contribution in [0, 0.1) is 5.92 Å². The summed E-state index contributed by atoms with van der Waals surface area (Å²) in [5.74, 6) is -0.202. The Bertz CT molecular complexity index is 525. The summed E-state index contributed by atoms with van der Waals surface area (Å²) in [4.78, 5) is 23.7. The van der Waals surface area contributed by atoms with Crippen molar-refractivity contribution in [3.8, 4) is 0 Å². The number of benzene rings is 1. The van der Waals surface area contributed by atoms with Gasteiger partial charge in [-0.15, -0.1) is 12.4 Å². The lowest BCUT2D eigenvalue weighted by Gasteiger charge is -2.11. The van der Waals surface area contributed by atoms with Crippen LogP contribution in [0.3, 0.4) is 0 Å². The smallest absolute Gasteiger partial charge is 0.252 e. The van der Waals surface area contributed by atoms with Crippen LogP contribution in [0.2, 0.25) is 5.02 Å². The standard InChI is InChI=1S/C15H20ClN3O2.ClH/c16-13-4-2-1-3-12(13)15(21)19-8-7-18-14(20)10-5-6-11(17)9-10;/h1-4,10-11H,5-9,17H2,(H,18,20)(H,19,21);1H. The number of halogens is 2. The highest BCUT2D eigenvalue weighted by molar-refractivity contribution is 6.33. The van der Waals surface area contributed by atoms with Crippen molar-refractivity contribution < 1.29 is 9.59 Å². The lowest BCUT2D eigenvalue weighted by Crippen LogP contribution is -2.37. The summed E-state index contributed by atoms with van der Waals surface area (Å²) in [6.45, 7) is 0.773. The monoisotopic (exact) mass is 345 g/mol. The van der Waals surface area contributed by atoms with Crippen molar-refractivity contribution in [1.29, 1.82) is 0 Å². The maximum Gasteiger partial charge on any atom is 0.252 e. The van der Waals surface area contributed by atoms with Gasteiger partial charge in [-0.1, -0.05) is 23.7 Å². The molecule has 1 fully saturated rings. The van der Waals surface area contributed by atoms with E-state index in [9.17, 15) is 9.59 Å². The molecule has 0 radical (unpaired) electrons. The SMILES string of the molecule is Cl.NC1CCC(C(=O)NCCNC(=O)c2ccccc2Cl)C1. The maximum atomic E-state index is 11.9. The summed E-state index contributed by atoms with van der Waals surface area (Å²) < 4.78 is 0. The average Bonchev–Trinajstić information content (AvgIpc) is 2.90. The van der Waals surface area contributed by atoms with E-state index < -0.39 is 0 Å². The Hall–Kier alpha value is -1.30. The molecule has 1 aromatic carbocycles. The molecule has 2 amide bonds. The molecule has 2 unspecified atom stereocenters. The van der Waals surface area contributed by atoms with Crippen LogP contribution in [0.4, 0.5) is 0 Å². The minimum absolute atomic E-state index is 0. The summed E-state index contributed by atoms with van der Waals surface area (Å²) in [5, 5.41) is 5.97. The quantitative estimate of drug-likeness (QED) is 0.710. The highest BCUT2D eigenvalue weighted by atomic mass is 35.5. The average molecular weight is 346 g/mol. The number of hydrogen-bond donors (Lipinski definition) is 3. The van der Waals surface area contributed by atoms with Gasteiger partial charge in [0.2, 0.25) is 5.91 Å². The third-order valence-electron chi connectivity index (χ3n) is 3.67. The third-order valence-corrected chi connectivity index (χ3v) is 4.00. The molecular formula is C15H21Cl2N3O2. The molecule has 1 saturated carbocycles. The predicted octanol–water partition coefficient (Wildman–Crippen LogP) is 1.74. The normalized spacial score (nSPS) is 20.1. The summed E-state index contributed by atoms with van der Waals surface area (Å²) in [6, 6.07) is 7.00. The number of nitrogens with one attached hydrogen (secondary N) is 2. The van der Waals surface area contributed by atoms with Gasteiger partial charge in [-0.3, -0.25) is 9.59 Å². The van der Waals surface area contributed by atoms with Crippen LogP contribution in [0.15, 0.2) is 24.3 Å². The molecule has 4 N–H and O–H groups in total. The first-order valence-corrected chi connectivity index (χ1v) is 7.51. The van der Waals surface area contributed by atoms with Gasteiger partial charge in [0, 0.05) is 25.0 Å². The molecule has 22 heavy (non-hydrogen) atoms. The van der Waals surface area contributed by atoms with Gasteiger partial charge < -0.3 is 16.4 Å². The summed E-state index contributed by atoms with van der Waals surface area (Å²) in [6.07, 6.45) is 2.50. The summed E-state index contributed by atoms with van der Waals surface area (Å²) in [5.41, 5.74) is 6.22. The van der Waals surface area contributed by atoms with E-state index in [2.05, 4.69) is 10.6 Å². The number of rotatable bonds is 5. The molecule has 0 spiro atoms. The Morgan fingerprint density at radius 3 is 2.50 bits per heavy atom. The van der Waals surface area contributed by atoms with Gasteiger partial charge in [0.15, 0.2) is 0 Å². The van der Waals surface area contributed by atoms with Crippen LogP contribution in [-0.4, -0.2) is 30.9 Å². The largest absolute Gasteiger partial charge is 0.354 e. The Morgan fingerprint density at radius 2 is 1.86 bits per heavy atom. The minimum atomic E-state index is -0.238. The van der Waals surface area contributed by atoms with E-state index in [0.717, 1.165) is 19.3 Å². The van der Waals surface area contributed by atoms with E-state index >= 15 is 0 Å². The zero-order chi connectivity index (χ0) is 15.2. The number of nitrogens with two attached hydrogens (primary N) is 1. The van der Waals surface area contributed by atoms with Gasteiger partial charge in [-0.05, 0) is 31.4 Å². The minimum Gasteiger partial charge on any atom is -0.354 e. The van der Waals surface area contributed by atoms with Crippen molar-refractivity contribution in [3.63, 3.8) is 0 Å². The first-order valence-electron chi connectivity index (χ1n) is 7.14. The fraction of sp³-hybridized carbons (Fsp3) is 0.467. The highest BCUT2D eigenvalue weighted by Gasteiger charge is 2.27. The number of carbonyl (C=O) groups excluding carboxylic acids is 2. The van der Waals surface area contributed by atoms with E-state index in [0.29, 0.717) is 23.7 Å². The van der Waals surface area contributed by atoms with Crippen molar-refractivity contribution in [1.82, 2.24) is 10.6 Å². The molecule has 1 aliphatic rings.